The van der Waals surface area contributed by atoms with Gasteiger partial charge in [-0.25, -0.2) is 0 Å². The molecule has 0 saturated heterocycles. The number of carboxylic acid groups (broad SMARTS) is 1. The van der Waals surface area contributed by atoms with Crippen LogP contribution in [0.25, 0.3) is 22.1 Å². The summed E-state index contributed by atoms with van der Waals surface area (Å²) in [6.45, 7) is 3.49. The second-order valence-corrected chi connectivity index (χ2v) is 7.23. The fourth-order valence-corrected chi connectivity index (χ4v) is 2.93. The zero-order valence-corrected chi connectivity index (χ0v) is 16.1. The minimum atomic E-state index is -0.920. The van der Waals surface area contributed by atoms with Crippen molar-refractivity contribution in [2.45, 2.75) is 20.3 Å². The molecule has 1 amide bonds. The smallest absolute Gasteiger partial charge is 0.309 e. The van der Waals surface area contributed by atoms with Gasteiger partial charge >= 0.3 is 5.97 Å². The lowest BCUT2D eigenvalue weighted by molar-refractivity contribution is -0.147. The molecule has 6 nitrogen and oxygen atoms in total. The topological polar surface area (TPSA) is 88.8 Å². The molecule has 146 valence electrons. The van der Waals surface area contributed by atoms with E-state index in [1.54, 1.807) is 27.0 Å². The molecule has 0 atom stereocenters. The number of hydrogen-bond donors (Lipinski definition) is 2. The van der Waals surface area contributed by atoms with Crippen LogP contribution in [0.3, 0.4) is 0 Å². The Bertz CT molecular complexity index is 1000. The van der Waals surface area contributed by atoms with Crippen LogP contribution in [-0.2, 0) is 4.79 Å². The number of nitrogens with one attached hydrogen (secondary N) is 1. The van der Waals surface area contributed by atoms with E-state index < -0.39 is 11.4 Å². The Morgan fingerprint density at radius 1 is 1.14 bits per heavy atom. The Kier molecular flexibility index (Phi) is 5.40. The van der Waals surface area contributed by atoms with E-state index in [0.717, 1.165) is 10.9 Å². The number of rotatable bonds is 7. The van der Waals surface area contributed by atoms with Crippen LogP contribution in [0.5, 0.6) is 5.75 Å². The molecular formula is C22H23NO5. The van der Waals surface area contributed by atoms with Gasteiger partial charge in [0.2, 0.25) is 5.76 Å². The number of benzene rings is 2. The van der Waals surface area contributed by atoms with Crippen molar-refractivity contribution in [1.82, 2.24) is 5.32 Å². The predicted octanol–water partition coefficient (Wildman–Crippen LogP) is 4.34. The van der Waals surface area contributed by atoms with E-state index in [0.29, 0.717) is 23.3 Å². The lowest BCUT2D eigenvalue weighted by atomic mass is 9.90. The van der Waals surface area contributed by atoms with Crippen LogP contribution in [0.1, 0.15) is 30.8 Å². The SMILES string of the molecule is COc1ccc2c(-c3ccccc3)c(C(=O)NCCC(C)(C)C(=O)O)oc2c1. The van der Waals surface area contributed by atoms with Crippen molar-refractivity contribution in [3.8, 4) is 16.9 Å². The van der Waals surface area contributed by atoms with Gasteiger partial charge in [-0.2, -0.15) is 0 Å². The van der Waals surface area contributed by atoms with Crippen molar-refractivity contribution in [2.75, 3.05) is 13.7 Å². The van der Waals surface area contributed by atoms with Gasteiger partial charge in [0.1, 0.15) is 11.3 Å². The molecular weight excluding hydrogens is 358 g/mol. The molecule has 0 spiro atoms. The van der Waals surface area contributed by atoms with Gasteiger partial charge in [-0.3, -0.25) is 9.59 Å². The number of carbonyl (C=O) groups excluding carboxylic acids is 1. The summed E-state index contributed by atoms with van der Waals surface area (Å²) >= 11 is 0. The van der Waals surface area contributed by atoms with Crippen LogP contribution in [0.2, 0.25) is 0 Å². The second kappa shape index (κ2) is 7.76. The van der Waals surface area contributed by atoms with Crippen LogP contribution < -0.4 is 10.1 Å². The number of amides is 1. The maximum atomic E-state index is 12.8. The lowest BCUT2D eigenvalue weighted by Gasteiger charge is -2.18. The number of furan rings is 1. The first-order chi connectivity index (χ1) is 13.3. The highest BCUT2D eigenvalue weighted by Gasteiger charge is 2.27. The third kappa shape index (κ3) is 3.86. The number of carbonyl (C=O) groups is 2. The summed E-state index contributed by atoms with van der Waals surface area (Å²) in [5.41, 5.74) is 1.20. The molecule has 0 unspecified atom stereocenters. The van der Waals surface area contributed by atoms with Crippen molar-refractivity contribution in [3.63, 3.8) is 0 Å². The summed E-state index contributed by atoms with van der Waals surface area (Å²) in [7, 11) is 1.57. The van der Waals surface area contributed by atoms with Crippen LogP contribution in [0.15, 0.2) is 52.9 Å². The average molecular weight is 381 g/mol. The van der Waals surface area contributed by atoms with Gasteiger partial charge < -0.3 is 19.6 Å². The molecule has 2 N–H and O–H groups in total. The molecule has 3 rings (SSSR count). The highest BCUT2D eigenvalue weighted by molar-refractivity contribution is 6.08. The van der Waals surface area contributed by atoms with Crippen molar-refractivity contribution in [3.05, 3.63) is 54.3 Å². The molecule has 1 aromatic heterocycles. The normalized spacial score (nSPS) is 11.4. The highest BCUT2D eigenvalue weighted by atomic mass is 16.5. The van der Waals surface area contributed by atoms with Gasteiger partial charge in [-0.15, -0.1) is 0 Å². The maximum absolute atomic E-state index is 12.8. The number of aliphatic carboxylic acids is 1. The Labute approximate surface area is 163 Å². The van der Waals surface area contributed by atoms with Crippen LogP contribution in [0.4, 0.5) is 0 Å². The van der Waals surface area contributed by atoms with Crippen molar-refractivity contribution in [1.29, 1.82) is 0 Å². The molecule has 0 aliphatic carbocycles. The molecule has 6 heteroatoms. The first kappa shape index (κ1) is 19.5. The third-order valence-corrected chi connectivity index (χ3v) is 4.78. The molecule has 3 aromatic rings. The van der Waals surface area contributed by atoms with E-state index in [1.165, 1.54) is 0 Å². The zero-order chi connectivity index (χ0) is 20.3. The van der Waals surface area contributed by atoms with Crippen molar-refractivity contribution < 1.29 is 23.8 Å². The van der Waals surface area contributed by atoms with Crippen LogP contribution in [0, 0.1) is 5.41 Å². The molecule has 1 heterocycles. The Hall–Kier alpha value is -3.28. The fourth-order valence-electron chi connectivity index (χ4n) is 2.93. The Balaban J connectivity index is 1.95. The quantitative estimate of drug-likeness (QED) is 0.635. The molecule has 0 fully saturated rings. The standard InChI is InChI=1S/C22H23NO5/c1-22(2,21(25)26)11-12-23-20(24)19-18(14-7-5-4-6-8-14)16-10-9-15(27-3)13-17(16)28-19/h4-10,13H,11-12H2,1-3H3,(H,23,24)(H,25,26). The van der Waals surface area contributed by atoms with E-state index in [1.807, 2.05) is 42.5 Å². The van der Waals surface area contributed by atoms with Gasteiger partial charge in [0, 0.05) is 23.6 Å². The lowest BCUT2D eigenvalue weighted by Crippen LogP contribution is -2.32. The molecule has 0 saturated carbocycles. The summed E-state index contributed by atoms with van der Waals surface area (Å²) < 4.78 is 11.1. The number of carboxylic acids is 1. The number of fused-ring (bicyclic) bond motifs is 1. The number of ether oxygens (including phenoxy) is 1. The summed E-state index contributed by atoms with van der Waals surface area (Å²) in [4.78, 5) is 24.1. The summed E-state index contributed by atoms with van der Waals surface area (Å²) in [6.07, 6.45) is 0.308. The monoisotopic (exact) mass is 381 g/mol. The predicted molar refractivity (Wildman–Crippen MR) is 107 cm³/mol. The van der Waals surface area contributed by atoms with E-state index in [9.17, 15) is 14.7 Å². The average Bonchev–Trinajstić information content (AvgIpc) is 3.07. The van der Waals surface area contributed by atoms with E-state index in [-0.39, 0.29) is 18.2 Å². The highest BCUT2D eigenvalue weighted by Crippen LogP contribution is 2.36. The Morgan fingerprint density at radius 2 is 1.86 bits per heavy atom. The van der Waals surface area contributed by atoms with Gasteiger partial charge in [0.15, 0.2) is 0 Å². The zero-order valence-electron chi connectivity index (χ0n) is 16.1. The van der Waals surface area contributed by atoms with Crippen LogP contribution >= 0.6 is 0 Å². The minimum Gasteiger partial charge on any atom is -0.497 e. The van der Waals surface area contributed by atoms with Gasteiger partial charge in [-0.05, 0) is 38.0 Å². The van der Waals surface area contributed by atoms with Crippen molar-refractivity contribution in [2.24, 2.45) is 5.41 Å². The first-order valence-corrected chi connectivity index (χ1v) is 9.01. The van der Waals surface area contributed by atoms with Crippen molar-refractivity contribution >= 4 is 22.8 Å². The molecule has 0 radical (unpaired) electrons. The van der Waals surface area contributed by atoms with Crippen LogP contribution in [-0.4, -0.2) is 30.6 Å². The van der Waals surface area contributed by atoms with Gasteiger partial charge in [0.25, 0.3) is 5.91 Å². The Morgan fingerprint density at radius 3 is 2.50 bits per heavy atom. The van der Waals surface area contributed by atoms with E-state index in [2.05, 4.69) is 5.32 Å². The van der Waals surface area contributed by atoms with E-state index >= 15 is 0 Å². The summed E-state index contributed by atoms with van der Waals surface area (Å²) in [5, 5.41) is 12.8. The van der Waals surface area contributed by atoms with Gasteiger partial charge in [-0.1, -0.05) is 30.3 Å². The van der Waals surface area contributed by atoms with Gasteiger partial charge in [0.05, 0.1) is 12.5 Å². The molecule has 2 aromatic carbocycles. The molecule has 0 bridgehead atoms. The fraction of sp³-hybridized carbons (Fsp3) is 0.273. The number of methoxy groups -OCH3 is 1. The molecule has 28 heavy (non-hydrogen) atoms. The molecule has 0 aliphatic heterocycles. The number of hydrogen-bond acceptors (Lipinski definition) is 4. The summed E-state index contributed by atoms with van der Waals surface area (Å²) in [6, 6.07) is 15.0. The largest absolute Gasteiger partial charge is 0.497 e. The minimum absolute atomic E-state index is 0.197. The third-order valence-electron chi connectivity index (χ3n) is 4.78. The first-order valence-electron chi connectivity index (χ1n) is 9.01. The molecule has 0 aliphatic rings. The van der Waals surface area contributed by atoms with E-state index in [4.69, 9.17) is 9.15 Å². The second-order valence-electron chi connectivity index (χ2n) is 7.23. The maximum Gasteiger partial charge on any atom is 0.309 e. The summed E-state index contributed by atoms with van der Waals surface area (Å²) in [5.74, 6) is -0.448.